The van der Waals surface area contributed by atoms with Crippen LogP contribution in [0.1, 0.15) is 19.4 Å². The molecule has 3 heteroatoms. The van der Waals surface area contributed by atoms with Crippen molar-refractivity contribution < 1.29 is 0 Å². The highest BCUT2D eigenvalue weighted by Gasteiger charge is 2.15. The van der Waals surface area contributed by atoms with Crippen molar-refractivity contribution in [2.45, 2.75) is 20.3 Å². The standard InChI is InChI=1S/C11H20N3/c1-9(2)6-10-7-12-11(13-8-10)14(3,4)5/h7-9H,6H2,1-5H3/q+1. The van der Waals surface area contributed by atoms with Crippen LogP contribution in [-0.4, -0.2) is 31.1 Å². The summed E-state index contributed by atoms with van der Waals surface area (Å²) in [6.07, 6.45) is 4.93. The van der Waals surface area contributed by atoms with Gasteiger partial charge in [-0.25, -0.2) is 0 Å². The van der Waals surface area contributed by atoms with E-state index in [2.05, 4.69) is 45.0 Å². The Morgan fingerprint density at radius 3 is 2.00 bits per heavy atom. The van der Waals surface area contributed by atoms with Crippen LogP contribution in [0.2, 0.25) is 0 Å². The monoisotopic (exact) mass is 194 g/mol. The highest BCUT2D eigenvalue weighted by Crippen LogP contribution is 2.11. The van der Waals surface area contributed by atoms with Crippen LogP contribution < -0.4 is 4.48 Å². The molecule has 0 N–H and O–H groups in total. The van der Waals surface area contributed by atoms with E-state index in [1.807, 2.05) is 12.4 Å². The van der Waals surface area contributed by atoms with Gasteiger partial charge in [0.15, 0.2) is 0 Å². The van der Waals surface area contributed by atoms with E-state index in [4.69, 9.17) is 0 Å². The maximum atomic E-state index is 4.36. The topological polar surface area (TPSA) is 25.8 Å². The van der Waals surface area contributed by atoms with E-state index in [1.54, 1.807) is 0 Å². The lowest BCUT2D eigenvalue weighted by Gasteiger charge is -2.19. The van der Waals surface area contributed by atoms with E-state index in [0.717, 1.165) is 12.4 Å². The minimum atomic E-state index is 0.661. The average molecular weight is 194 g/mol. The molecule has 3 nitrogen and oxygen atoms in total. The second kappa shape index (κ2) is 4.05. The number of aromatic nitrogens is 2. The Hall–Kier alpha value is -0.960. The molecular weight excluding hydrogens is 174 g/mol. The summed E-state index contributed by atoms with van der Waals surface area (Å²) in [5.41, 5.74) is 1.22. The third-order valence-corrected chi connectivity index (χ3v) is 1.94. The fourth-order valence-corrected chi connectivity index (χ4v) is 1.27. The molecule has 1 heterocycles. The molecule has 0 amide bonds. The number of quaternary nitrogens is 1. The summed E-state index contributed by atoms with van der Waals surface area (Å²) in [7, 11) is 6.20. The van der Waals surface area contributed by atoms with Gasteiger partial charge in [-0.3, -0.25) is 4.48 Å². The first-order chi connectivity index (χ1) is 6.39. The largest absolute Gasteiger partial charge is 0.328 e. The van der Waals surface area contributed by atoms with Gasteiger partial charge in [-0.05, 0) is 17.9 Å². The van der Waals surface area contributed by atoms with Gasteiger partial charge in [-0.15, -0.1) is 0 Å². The molecule has 0 saturated carbocycles. The van der Waals surface area contributed by atoms with Crippen molar-refractivity contribution in [3.8, 4) is 0 Å². The molecule has 0 unspecified atom stereocenters. The summed E-state index contributed by atoms with van der Waals surface area (Å²) in [5, 5.41) is 0. The lowest BCUT2D eigenvalue weighted by Crippen LogP contribution is -2.36. The van der Waals surface area contributed by atoms with Crippen molar-refractivity contribution in [2.24, 2.45) is 5.92 Å². The predicted molar refractivity (Wildman–Crippen MR) is 60.1 cm³/mol. The SMILES string of the molecule is CC(C)Cc1cnc([N+](C)(C)C)nc1. The molecule has 1 aromatic rings. The van der Waals surface area contributed by atoms with Crippen LogP contribution in [0.4, 0.5) is 5.95 Å². The minimum absolute atomic E-state index is 0.661. The normalized spacial score (nSPS) is 12.1. The fourth-order valence-electron chi connectivity index (χ4n) is 1.27. The van der Waals surface area contributed by atoms with Crippen LogP contribution in [0.25, 0.3) is 0 Å². The van der Waals surface area contributed by atoms with E-state index in [-0.39, 0.29) is 0 Å². The lowest BCUT2D eigenvalue weighted by atomic mass is 10.1. The van der Waals surface area contributed by atoms with Gasteiger partial charge >= 0.3 is 5.95 Å². The first kappa shape index (κ1) is 11.1. The smallest absolute Gasteiger partial charge is 0.264 e. The van der Waals surface area contributed by atoms with Crippen LogP contribution in [-0.2, 0) is 6.42 Å². The summed E-state index contributed by atoms with van der Waals surface area (Å²) >= 11 is 0. The van der Waals surface area contributed by atoms with Gasteiger partial charge in [-0.2, -0.15) is 9.97 Å². The number of hydrogen-bond acceptors (Lipinski definition) is 2. The zero-order valence-corrected chi connectivity index (χ0v) is 9.78. The molecule has 0 spiro atoms. The van der Waals surface area contributed by atoms with Crippen LogP contribution in [0.15, 0.2) is 12.4 Å². The second-order valence-electron chi connectivity index (χ2n) is 5.00. The zero-order chi connectivity index (χ0) is 10.8. The number of rotatable bonds is 3. The third-order valence-electron chi connectivity index (χ3n) is 1.94. The van der Waals surface area contributed by atoms with Crippen molar-refractivity contribution in [1.82, 2.24) is 14.5 Å². The van der Waals surface area contributed by atoms with Gasteiger partial charge in [0.25, 0.3) is 0 Å². The van der Waals surface area contributed by atoms with Crippen molar-refractivity contribution in [3.63, 3.8) is 0 Å². The maximum absolute atomic E-state index is 4.36. The van der Waals surface area contributed by atoms with Crippen molar-refractivity contribution >= 4 is 5.95 Å². The van der Waals surface area contributed by atoms with Crippen molar-refractivity contribution in [3.05, 3.63) is 18.0 Å². The van der Waals surface area contributed by atoms with Gasteiger partial charge < -0.3 is 0 Å². The third kappa shape index (κ3) is 3.07. The number of nitrogens with zero attached hydrogens (tertiary/aromatic N) is 3. The summed E-state index contributed by atoms with van der Waals surface area (Å²) in [6.45, 7) is 4.40. The van der Waals surface area contributed by atoms with Gasteiger partial charge in [0.05, 0.1) is 21.1 Å². The Morgan fingerprint density at radius 2 is 1.64 bits per heavy atom. The maximum Gasteiger partial charge on any atom is 0.328 e. The van der Waals surface area contributed by atoms with E-state index in [9.17, 15) is 0 Å². The Morgan fingerprint density at radius 1 is 1.14 bits per heavy atom. The Bertz CT molecular complexity index is 282. The molecule has 0 bridgehead atoms. The van der Waals surface area contributed by atoms with E-state index >= 15 is 0 Å². The highest BCUT2D eigenvalue weighted by atomic mass is 15.4. The molecule has 0 aliphatic heterocycles. The van der Waals surface area contributed by atoms with Gasteiger partial charge in [0, 0.05) is 12.4 Å². The summed E-state index contributed by atoms with van der Waals surface area (Å²) < 4.78 is 0.669. The predicted octanol–water partition coefficient (Wildman–Crippen LogP) is 1.87. The van der Waals surface area contributed by atoms with Crippen molar-refractivity contribution in [1.29, 1.82) is 0 Å². The molecule has 0 aliphatic rings. The molecule has 14 heavy (non-hydrogen) atoms. The molecule has 1 rings (SSSR count). The summed E-state index contributed by atoms with van der Waals surface area (Å²) in [6, 6.07) is 0. The Kier molecular flexibility index (Phi) is 3.21. The molecule has 0 saturated heterocycles. The van der Waals surface area contributed by atoms with Crippen LogP contribution in [0.5, 0.6) is 0 Å². The van der Waals surface area contributed by atoms with E-state index in [1.165, 1.54) is 5.56 Å². The molecule has 0 radical (unpaired) electrons. The molecular formula is C11H20N3+. The molecule has 0 atom stereocenters. The van der Waals surface area contributed by atoms with Crippen LogP contribution in [0, 0.1) is 5.92 Å². The molecule has 1 aromatic heterocycles. The average Bonchev–Trinajstić information content (AvgIpc) is 2.02. The first-order valence-electron chi connectivity index (χ1n) is 5.02. The number of hydrogen-bond donors (Lipinski definition) is 0. The first-order valence-corrected chi connectivity index (χ1v) is 5.02. The summed E-state index contributed by atoms with van der Waals surface area (Å²) in [4.78, 5) is 8.73. The van der Waals surface area contributed by atoms with Crippen LogP contribution >= 0.6 is 0 Å². The second-order valence-corrected chi connectivity index (χ2v) is 5.00. The lowest BCUT2D eigenvalue weighted by molar-refractivity contribution is 0.457. The van der Waals surface area contributed by atoms with E-state index < -0.39 is 0 Å². The molecule has 0 fully saturated rings. The summed E-state index contributed by atoms with van der Waals surface area (Å²) in [5.74, 6) is 1.52. The Balaban J connectivity index is 2.79. The molecule has 78 valence electrons. The van der Waals surface area contributed by atoms with Crippen molar-refractivity contribution in [2.75, 3.05) is 21.1 Å². The quantitative estimate of drug-likeness (QED) is 0.686. The van der Waals surface area contributed by atoms with E-state index in [0.29, 0.717) is 10.4 Å². The Labute approximate surface area is 86.4 Å². The minimum Gasteiger partial charge on any atom is -0.264 e. The van der Waals surface area contributed by atoms with Crippen LogP contribution in [0.3, 0.4) is 0 Å². The van der Waals surface area contributed by atoms with Gasteiger partial charge in [-0.1, -0.05) is 13.8 Å². The highest BCUT2D eigenvalue weighted by molar-refractivity contribution is 5.22. The van der Waals surface area contributed by atoms with Gasteiger partial charge in [0.1, 0.15) is 0 Å². The molecule has 0 aromatic carbocycles. The zero-order valence-electron chi connectivity index (χ0n) is 9.78. The fraction of sp³-hybridized carbons (Fsp3) is 0.636. The molecule has 0 aliphatic carbocycles. The van der Waals surface area contributed by atoms with Gasteiger partial charge in [0.2, 0.25) is 0 Å².